The number of benzene rings is 1. The molecular weight excluding hydrogens is 353 g/mol. The third-order valence-electron chi connectivity index (χ3n) is 4.74. The van der Waals surface area contributed by atoms with E-state index in [2.05, 4.69) is 11.4 Å². The molecule has 2 rings (SSSR count). The molecule has 8 heteroatoms. The third kappa shape index (κ3) is 5.26. The van der Waals surface area contributed by atoms with Crippen LogP contribution in [0, 0.1) is 17.1 Å². The Hall–Kier alpha value is -2.95. The Morgan fingerprint density at radius 1 is 1.30 bits per heavy atom. The third-order valence-corrected chi connectivity index (χ3v) is 4.74. The number of hydrogen-bond acceptors (Lipinski definition) is 5. The summed E-state index contributed by atoms with van der Waals surface area (Å²) in [6.45, 7) is -0.954. The number of halogens is 1. The van der Waals surface area contributed by atoms with Crippen LogP contribution in [0.3, 0.4) is 0 Å². The minimum atomic E-state index is -0.854. The van der Waals surface area contributed by atoms with Crippen LogP contribution in [-0.4, -0.2) is 48.4 Å². The highest BCUT2D eigenvalue weighted by molar-refractivity contribution is 5.96. The fraction of sp³-hybridized carbons (Fsp3) is 0.474. The van der Waals surface area contributed by atoms with E-state index in [4.69, 9.17) is 4.74 Å². The normalized spacial score (nSPS) is 15.3. The van der Waals surface area contributed by atoms with Gasteiger partial charge in [-0.25, -0.2) is 4.39 Å². The molecule has 0 spiro atoms. The first kappa shape index (κ1) is 20.4. The zero-order valence-electron chi connectivity index (χ0n) is 15.2. The molecule has 1 saturated carbocycles. The summed E-state index contributed by atoms with van der Waals surface area (Å²) >= 11 is 0. The fourth-order valence-electron chi connectivity index (χ4n) is 3.07. The van der Waals surface area contributed by atoms with Crippen molar-refractivity contribution in [2.45, 2.75) is 37.6 Å². The first-order valence-corrected chi connectivity index (χ1v) is 8.75. The first-order valence-electron chi connectivity index (χ1n) is 8.75. The largest absolute Gasteiger partial charge is 0.454 e. The summed E-state index contributed by atoms with van der Waals surface area (Å²) in [5.41, 5.74) is -0.778. The second-order valence-corrected chi connectivity index (χ2v) is 6.51. The first-order chi connectivity index (χ1) is 12.9. The van der Waals surface area contributed by atoms with Gasteiger partial charge in [0.25, 0.3) is 11.8 Å². The molecule has 2 amide bonds. The highest BCUT2D eigenvalue weighted by Gasteiger charge is 2.38. The van der Waals surface area contributed by atoms with Gasteiger partial charge >= 0.3 is 5.97 Å². The van der Waals surface area contributed by atoms with Crippen LogP contribution >= 0.6 is 0 Å². The summed E-state index contributed by atoms with van der Waals surface area (Å²) in [6, 6.07) is 7.27. The summed E-state index contributed by atoms with van der Waals surface area (Å²) in [5, 5.41) is 11.8. The summed E-state index contributed by atoms with van der Waals surface area (Å²) in [4.78, 5) is 37.2. The molecule has 144 valence electrons. The van der Waals surface area contributed by atoms with Gasteiger partial charge in [-0.3, -0.25) is 14.4 Å². The van der Waals surface area contributed by atoms with E-state index < -0.39 is 42.3 Å². The molecule has 1 aromatic rings. The van der Waals surface area contributed by atoms with Gasteiger partial charge in [-0.1, -0.05) is 25.3 Å². The number of carbonyl (C=O) groups excluding carboxylic acids is 3. The van der Waals surface area contributed by atoms with Crippen molar-refractivity contribution >= 4 is 17.8 Å². The van der Waals surface area contributed by atoms with Crippen LogP contribution in [0.1, 0.15) is 42.5 Å². The van der Waals surface area contributed by atoms with Crippen LogP contribution in [0.2, 0.25) is 0 Å². The zero-order chi connectivity index (χ0) is 19.9. The average Bonchev–Trinajstić information content (AvgIpc) is 2.70. The van der Waals surface area contributed by atoms with Gasteiger partial charge in [-0.2, -0.15) is 5.26 Å². The molecule has 0 aromatic heterocycles. The summed E-state index contributed by atoms with van der Waals surface area (Å²) in [5.74, 6) is -2.45. The van der Waals surface area contributed by atoms with Gasteiger partial charge in [0.2, 0.25) is 0 Å². The van der Waals surface area contributed by atoms with Crippen molar-refractivity contribution < 1.29 is 23.5 Å². The van der Waals surface area contributed by atoms with Crippen LogP contribution in [0.4, 0.5) is 4.39 Å². The van der Waals surface area contributed by atoms with Gasteiger partial charge in [-0.05, 0) is 31.0 Å². The molecule has 1 aromatic carbocycles. The second kappa shape index (κ2) is 9.12. The molecular formula is C19H22FN3O4. The van der Waals surface area contributed by atoms with Crippen molar-refractivity contribution in [1.29, 1.82) is 5.26 Å². The molecule has 0 saturated heterocycles. The summed E-state index contributed by atoms with van der Waals surface area (Å²) < 4.78 is 18.0. The maximum absolute atomic E-state index is 13.1. The molecule has 1 fully saturated rings. The van der Waals surface area contributed by atoms with E-state index in [1.165, 1.54) is 30.1 Å². The maximum atomic E-state index is 13.1. The number of nitrogens with one attached hydrogen (secondary N) is 1. The van der Waals surface area contributed by atoms with Gasteiger partial charge in [0.15, 0.2) is 6.61 Å². The quantitative estimate of drug-likeness (QED) is 0.764. The van der Waals surface area contributed by atoms with Gasteiger partial charge in [0.1, 0.15) is 17.9 Å². The lowest BCUT2D eigenvalue weighted by molar-refractivity contribution is -0.152. The number of esters is 1. The topological polar surface area (TPSA) is 99.5 Å². The van der Waals surface area contributed by atoms with E-state index in [1.807, 2.05) is 0 Å². The van der Waals surface area contributed by atoms with Crippen LogP contribution in [-0.2, 0) is 14.3 Å². The van der Waals surface area contributed by atoms with Crippen molar-refractivity contribution in [1.82, 2.24) is 10.2 Å². The van der Waals surface area contributed by atoms with Crippen molar-refractivity contribution in [3.8, 4) is 6.07 Å². The van der Waals surface area contributed by atoms with Crippen molar-refractivity contribution in [2.24, 2.45) is 0 Å². The van der Waals surface area contributed by atoms with Gasteiger partial charge in [-0.15, -0.1) is 0 Å². The Bertz CT molecular complexity index is 754. The van der Waals surface area contributed by atoms with E-state index in [0.717, 1.165) is 25.3 Å². The van der Waals surface area contributed by atoms with Gasteiger partial charge in [0.05, 0.1) is 6.07 Å². The van der Waals surface area contributed by atoms with Crippen LogP contribution in [0.25, 0.3) is 0 Å². The molecule has 7 nitrogen and oxygen atoms in total. The Kier molecular flexibility index (Phi) is 6.88. The zero-order valence-corrected chi connectivity index (χ0v) is 15.2. The minimum absolute atomic E-state index is 0.0758. The number of hydrogen-bond donors (Lipinski definition) is 1. The summed E-state index contributed by atoms with van der Waals surface area (Å²) in [6.07, 6.45) is 3.98. The Labute approximate surface area is 157 Å². The molecule has 27 heavy (non-hydrogen) atoms. The van der Waals surface area contributed by atoms with Crippen molar-refractivity contribution in [3.05, 3.63) is 35.6 Å². The second-order valence-electron chi connectivity index (χ2n) is 6.51. The van der Waals surface area contributed by atoms with E-state index in [-0.39, 0.29) is 5.56 Å². The van der Waals surface area contributed by atoms with Crippen LogP contribution in [0.5, 0.6) is 0 Å². The number of nitrogens with zero attached hydrogens (tertiary/aromatic N) is 2. The van der Waals surface area contributed by atoms with E-state index in [0.29, 0.717) is 12.8 Å². The lowest BCUT2D eigenvalue weighted by atomic mass is 9.81. The molecule has 0 unspecified atom stereocenters. The molecule has 0 aliphatic heterocycles. The molecule has 0 atom stereocenters. The number of amides is 2. The molecule has 0 bridgehead atoms. The molecule has 1 N–H and O–H groups in total. The number of carbonyl (C=O) groups is 3. The SMILES string of the molecule is CN(C(=O)COC(=O)CNC(=O)c1cccc(F)c1)C1(C#N)CCCCC1. The molecule has 0 radical (unpaired) electrons. The van der Waals surface area contributed by atoms with E-state index >= 15 is 0 Å². The number of likely N-dealkylation sites (N-methyl/N-ethyl adjacent to an activating group) is 1. The van der Waals surface area contributed by atoms with Crippen LogP contribution in [0.15, 0.2) is 24.3 Å². The Balaban J connectivity index is 1.80. The maximum Gasteiger partial charge on any atom is 0.325 e. The van der Waals surface area contributed by atoms with Crippen LogP contribution < -0.4 is 5.32 Å². The number of nitriles is 1. The average molecular weight is 375 g/mol. The highest BCUT2D eigenvalue weighted by atomic mass is 19.1. The predicted molar refractivity (Wildman–Crippen MR) is 93.9 cm³/mol. The lowest BCUT2D eigenvalue weighted by Crippen LogP contribution is -2.51. The van der Waals surface area contributed by atoms with E-state index in [1.54, 1.807) is 0 Å². The van der Waals surface area contributed by atoms with E-state index in [9.17, 15) is 24.0 Å². The fourth-order valence-corrected chi connectivity index (χ4v) is 3.07. The Morgan fingerprint density at radius 3 is 2.63 bits per heavy atom. The summed E-state index contributed by atoms with van der Waals surface area (Å²) in [7, 11) is 1.54. The minimum Gasteiger partial charge on any atom is -0.454 e. The molecule has 1 aliphatic rings. The Morgan fingerprint density at radius 2 is 2.00 bits per heavy atom. The lowest BCUT2D eigenvalue weighted by Gasteiger charge is -2.38. The van der Waals surface area contributed by atoms with Crippen molar-refractivity contribution in [2.75, 3.05) is 20.2 Å². The predicted octanol–water partition coefficient (Wildman–Crippen LogP) is 1.78. The molecule has 0 heterocycles. The standard InChI is InChI=1S/C19H22FN3O4/c1-23(19(13-21)8-3-2-4-9-19)16(24)12-27-17(25)11-22-18(26)14-6-5-7-15(20)10-14/h5-7,10H,2-4,8-9,11-12H2,1H3,(H,22,26). The highest BCUT2D eigenvalue weighted by Crippen LogP contribution is 2.32. The van der Waals surface area contributed by atoms with Gasteiger partial charge < -0.3 is 15.0 Å². The van der Waals surface area contributed by atoms with Gasteiger partial charge in [0, 0.05) is 12.6 Å². The molecule has 1 aliphatic carbocycles. The smallest absolute Gasteiger partial charge is 0.325 e. The number of rotatable bonds is 6. The van der Waals surface area contributed by atoms with Crippen molar-refractivity contribution in [3.63, 3.8) is 0 Å². The monoisotopic (exact) mass is 375 g/mol. The number of ether oxygens (including phenoxy) is 1.